The molecule has 5 heteroatoms. The molecule has 0 radical (unpaired) electrons. The van der Waals surface area contributed by atoms with E-state index in [0.717, 1.165) is 44.2 Å². The third-order valence-corrected chi connectivity index (χ3v) is 5.75. The molecular weight excluding hydrogens is 336 g/mol. The van der Waals surface area contributed by atoms with Crippen molar-refractivity contribution in [2.45, 2.75) is 63.8 Å². The molecule has 0 heterocycles. The number of anilines is 1. The maximum absolute atomic E-state index is 12.4. The lowest BCUT2D eigenvalue weighted by atomic mass is 9.80. The first-order valence-electron chi connectivity index (χ1n) is 9.48. The second-order valence-electron chi connectivity index (χ2n) is 7.39. The summed E-state index contributed by atoms with van der Waals surface area (Å²) in [5, 5.41) is 6.77. The Bertz CT molecular complexity index is 605. The van der Waals surface area contributed by atoms with Crippen LogP contribution in [0, 0.1) is 11.8 Å². The van der Waals surface area contributed by atoms with Gasteiger partial charge in [0.1, 0.15) is 0 Å². The van der Waals surface area contributed by atoms with E-state index < -0.39 is 0 Å². The second-order valence-corrected chi connectivity index (χ2v) is 7.83. The van der Waals surface area contributed by atoms with Crippen molar-refractivity contribution in [1.82, 2.24) is 5.32 Å². The summed E-state index contributed by atoms with van der Waals surface area (Å²) in [6, 6.07) is 7.57. The Balaban J connectivity index is 1.44. The summed E-state index contributed by atoms with van der Waals surface area (Å²) in [7, 11) is 0. The van der Waals surface area contributed by atoms with E-state index in [9.17, 15) is 9.59 Å². The summed E-state index contributed by atoms with van der Waals surface area (Å²) < 4.78 is 0. The van der Waals surface area contributed by atoms with Crippen molar-refractivity contribution in [3.05, 3.63) is 29.3 Å². The van der Waals surface area contributed by atoms with Crippen LogP contribution in [0.4, 0.5) is 5.69 Å². The third-order valence-electron chi connectivity index (χ3n) is 5.51. The molecule has 1 aromatic carbocycles. The Kier molecular flexibility index (Phi) is 6.35. The molecule has 0 unspecified atom stereocenters. The predicted octanol–water partition coefficient (Wildman–Crippen LogP) is 4.53. The van der Waals surface area contributed by atoms with Gasteiger partial charge < -0.3 is 10.6 Å². The van der Waals surface area contributed by atoms with Crippen LogP contribution in [0.3, 0.4) is 0 Å². The molecule has 25 heavy (non-hydrogen) atoms. The molecule has 0 atom stereocenters. The van der Waals surface area contributed by atoms with E-state index in [1.165, 1.54) is 19.3 Å². The van der Waals surface area contributed by atoms with Gasteiger partial charge in [0.2, 0.25) is 11.8 Å². The molecule has 2 fully saturated rings. The molecule has 136 valence electrons. The van der Waals surface area contributed by atoms with Gasteiger partial charge in [-0.25, -0.2) is 0 Å². The van der Waals surface area contributed by atoms with Gasteiger partial charge in [-0.15, -0.1) is 0 Å². The van der Waals surface area contributed by atoms with Crippen LogP contribution >= 0.6 is 11.6 Å². The zero-order chi connectivity index (χ0) is 17.6. The van der Waals surface area contributed by atoms with Crippen LogP contribution in [0.1, 0.15) is 57.8 Å². The zero-order valence-corrected chi connectivity index (χ0v) is 15.4. The van der Waals surface area contributed by atoms with E-state index in [-0.39, 0.29) is 23.7 Å². The van der Waals surface area contributed by atoms with E-state index >= 15 is 0 Å². The zero-order valence-electron chi connectivity index (χ0n) is 14.6. The molecule has 2 aliphatic rings. The fraction of sp³-hybridized carbons (Fsp3) is 0.600. The van der Waals surface area contributed by atoms with E-state index in [2.05, 4.69) is 10.6 Å². The number of benzene rings is 1. The summed E-state index contributed by atoms with van der Waals surface area (Å²) in [4.78, 5) is 24.9. The molecule has 4 nitrogen and oxygen atoms in total. The molecule has 0 bridgehead atoms. The van der Waals surface area contributed by atoms with Crippen molar-refractivity contribution in [1.29, 1.82) is 0 Å². The van der Waals surface area contributed by atoms with Crippen molar-refractivity contribution in [3.63, 3.8) is 0 Å². The monoisotopic (exact) mass is 362 g/mol. The van der Waals surface area contributed by atoms with Crippen LogP contribution in [0.25, 0.3) is 0 Å². The normalized spacial score (nSPS) is 24.5. The van der Waals surface area contributed by atoms with Gasteiger partial charge >= 0.3 is 0 Å². The van der Waals surface area contributed by atoms with Gasteiger partial charge in [-0.2, -0.15) is 0 Å². The summed E-state index contributed by atoms with van der Waals surface area (Å²) in [6.07, 6.45) is 9.11. The second kappa shape index (κ2) is 8.70. The Hall–Kier alpha value is -1.55. The lowest BCUT2D eigenvalue weighted by molar-refractivity contribution is -0.129. The highest BCUT2D eigenvalue weighted by atomic mass is 35.5. The lowest BCUT2D eigenvalue weighted by Gasteiger charge is -2.29. The maximum Gasteiger partial charge on any atom is 0.227 e. The molecule has 0 saturated heterocycles. The number of amides is 2. The predicted molar refractivity (Wildman–Crippen MR) is 101 cm³/mol. The van der Waals surface area contributed by atoms with E-state index in [4.69, 9.17) is 11.6 Å². The van der Waals surface area contributed by atoms with Crippen molar-refractivity contribution in [2.24, 2.45) is 11.8 Å². The smallest absolute Gasteiger partial charge is 0.227 e. The number of halogens is 1. The first-order chi connectivity index (χ1) is 12.1. The average molecular weight is 363 g/mol. The van der Waals surface area contributed by atoms with Crippen molar-refractivity contribution in [3.8, 4) is 0 Å². The molecular formula is C20H27ClN2O2. The molecule has 0 aromatic heterocycles. The van der Waals surface area contributed by atoms with Gasteiger partial charge in [-0.05, 0) is 56.7 Å². The summed E-state index contributed by atoms with van der Waals surface area (Å²) in [5.41, 5.74) is 0.731. The van der Waals surface area contributed by atoms with Crippen LogP contribution in [-0.2, 0) is 9.59 Å². The minimum Gasteiger partial charge on any atom is -0.353 e. The van der Waals surface area contributed by atoms with E-state index in [1.807, 2.05) is 12.1 Å². The number of nitrogens with one attached hydrogen (secondary N) is 2. The Morgan fingerprint density at radius 2 is 1.52 bits per heavy atom. The lowest BCUT2D eigenvalue weighted by Crippen LogP contribution is -2.41. The topological polar surface area (TPSA) is 58.2 Å². The van der Waals surface area contributed by atoms with Gasteiger partial charge in [0.25, 0.3) is 0 Å². The number of carbonyl (C=O) groups is 2. The maximum atomic E-state index is 12.4. The number of hydrogen-bond acceptors (Lipinski definition) is 2. The Labute approximate surface area is 154 Å². The van der Waals surface area contributed by atoms with Gasteiger partial charge in [0, 0.05) is 28.6 Å². The highest BCUT2D eigenvalue weighted by Crippen LogP contribution is 2.30. The highest BCUT2D eigenvalue weighted by molar-refractivity contribution is 6.30. The van der Waals surface area contributed by atoms with E-state index in [1.54, 1.807) is 12.1 Å². The fourth-order valence-electron chi connectivity index (χ4n) is 3.99. The molecule has 2 saturated carbocycles. The van der Waals surface area contributed by atoms with Crippen molar-refractivity contribution < 1.29 is 9.59 Å². The summed E-state index contributed by atoms with van der Waals surface area (Å²) in [6.45, 7) is 0. The molecule has 0 spiro atoms. The van der Waals surface area contributed by atoms with Crippen LogP contribution in [-0.4, -0.2) is 17.9 Å². The molecule has 2 N–H and O–H groups in total. The molecule has 0 aliphatic heterocycles. The van der Waals surface area contributed by atoms with Crippen LogP contribution in [0.2, 0.25) is 5.02 Å². The SMILES string of the molecule is O=C(Nc1cccc(Cl)c1)C1CCC(C(=O)NC2CCCCC2)CC1. The van der Waals surface area contributed by atoms with Crippen LogP contribution < -0.4 is 10.6 Å². The number of rotatable bonds is 4. The first-order valence-corrected chi connectivity index (χ1v) is 9.86. The number of hydrogen-bond donors (Lipinski definition) is 2. The molecule has 2 amide bonds. The minimum atomic E-state index is -0.0160. The van der Waals surface area contributed by atoms with Gasteiger partial charge in [-0.3, -0.25) is 9.59 Å². The largest absolute Gasteiger partial charge is 0.353 e. The fourth-order valence-corrected chi connectivity index (χ4v) is 4.18. The number of carbonyl (C=O) groups excluding carboxylic acids is 2. The van der Waals surface area contributed by atoms with Gasteiger partial charge in [-0.1, -0.05) is 36.9 Å². The van der Waals surface area contributed by atoms with Crippen molar-refractivity contribution in [2.75, 3.05) is 5.32 Å². The Morgan fingerprint density at radius 3 is 2.16 bits per heavy atom. The third kappa shape index (κ3) is 5.21. The van der Waals surface area contributed by atoms with E-state index in [0.29, 0.717) is 11.1 Å². The summed E-state index contributed by atoms with van der Waals surface area (Å²) in [5.74, 6) is 0.281. The summed E-state index contributed by atoms with van der Waals surface area (Å²) >= 11 is 5.95. The van der Waals surface area contributed by atoms with Gasteiger partial charge in [0.15, 0.2) is 0 Å². The highest BCUT2D eigenvalue weighted by Gasteiger charge is 2.31. The standard InChI is InChI=1S/C20H27ClN2O2/c21-16-5-4-8-18(13-16)23-20(25)15-11-9-14(10-12-15)19(24)22-17-6-2-1-3-7-17/h4-5,8,13-15,17H,1-3,6-7,9-12H2,(H,22,24)(H,23,25). The molecule has 1 aromatic rings. The molecule has 2 aliphatic carbocycles. The Morgan fingerprint density at radius 1 is 0.880 bits per heavy atom. The average Bonchev–Trinajstić information content (AvgIpc) is 2.62. The first kappa shape index (κ1) is 18.2. The van der Waals surface area contributed by atoms with Crippen LogP contribution in [0.5, 0.6) is 0 Å². The minimum absolute atomic E-state index is 0.0160. The van der Waals surface area contributed by atoms with Crippen LogP contribution in [0.15, 0.2) is 24.3 Å². The quantitative estimate of drug-likeness (QED) is 0.826. The van der Waals surface area contributed by atoms with Crippen molar-refractivity contribution >= 4 is 29.1 Å². The van der Waals surface area contributed by atoms with Gasteiger partial charge in [0.05, 0.1) is 0 Å². The molecule has 3 rings (SSSR count).